The number of hydrogen-bond acceptors (Lipinski definition) is 5. The number of ether oxygens (including phenoxy) is 1. The van der Waals surface area contributed by atoms with Crippen LogP contribution >= 0.6 is 0 Å². The van der Waals surface area contributed by atoms with Crippen LogP contribution in [0.2, 0.25) is 0 Å². The maximum absolute atomic E-state index is 5.40. The summed E-state index contributed by atoms with van der Waals surface area (Å²) in [5.41, 5.74) is 2.83. The number of para-hydroxylation sites is 1. The van der Waals surface area contributed by atoms with Gasteiger partial charge < -0.3 is 14.6 Å². The molecule has 1 N–H and O–H groups in total. The van der Waals surface area contributed by atoms with Crippen molar-refractivity contribution in [3.63, 3.8) is 0 Å². The highest BCUT2D eigenvalue weighted by Crippen LogP contribution is 2.32. The fraction of sp³-hybridized carbons (Fsp3) is 0.389. The van der Waals surface area contributed by atoms with Gasteiger partial charge in [-0.05, 0) is 18.9 Å². The monoisotopic (exact) mass is 323 g/mol. The van der Waals surface area contributed by atoms with Gasteiger partial charge in [-0.25, -0.2) is 15.0 Å². The molecule has 0 aliphatic heterocycles. The molecule has 0 amide bonds. The predicted molar refractivity (Wildman–Crippen MR) is 93.1 cm³/mol. The van der Waals surface area contributed by atoms with Crippen LogP contribution in [-0.2, 0) is 6.54 Å². The molecule has 0 atom stereocenters. The van der Waals surface area contributed by atoms with Gasteiger partial charge in [-0.1, -0.05) is 31.0 Å². The Hall–Kier alpha value is -2.63. The van der Waals surface area contributed by atoms with Gasteiger partial charge in [0.05, 0.1) is 13.4 Å². The minimum absolute atomic E-state index is 0.520. The summed E-state index contributed by atoms with van der Waals surface area (Å²) in [5, 5.41) is 3.38. The number of nitrogens with one attached hydrogen (secondary N) is 1. The summed E-state index contributed by atoms with van der Waals surface area (Å²) >= 11 is 0. The third kappa shape index (κ3) is 2.68. The van der Waals surface area contributed by atoms with Crippen LogP contribution in [0, 0.1) is 0 Å². The molecule has 4 rings (SSSR count). The lowest BCUT2D eigenvalue weighted by Gasteiger charge is -2.12. The highest BCUT2D eigenvalue weighted by atomic mass is 16.5. The molecule has 1 aromatic carbocycles. The van der Waals surface area contributed by atoms with Crippen LogP contribution < -0.4 is 10.1 Å². The SMILES string of the molecule is COc1ccccc1CNc1ncnc2c1ncn2C1CCCC1. The first-order chi connectivity index (χ1) is 11.9. The van der Waals surface area contributed by atoms with E-state index in [1.54, 1.807) is 13.4 Å². The van der Waals surface area contributed by atoms with E-state index in [1.807, 2.05) is 30.6 Å². The van der Waals surface area contributed by atoms with Crippen molar-refractivity contribution in [3.05, 3.63) is 42.5 Å². The van der Waals surface area contributed by atoms with Crippen molar-refractivity contribution in [1.29, 1.82) is 0 Å². The van der Waals surface area contributed by atoms with Gasteiger partial charge in [0.25, 0.3) is 0 Å². The van der Waals surface area contributed by atoms with Gasteiger partial charge in [0.2, 0.25) is 0 Å². The molecule has 0 saturated heterocycles. The highest BCUT2D eigenvalue weighted by Gasteiger charge is 2.20. The fourth-order valence-electron chi connectivity index (χ4n) is 3.46. The van der Waals surface area contributed by atoms with Gasteiger partial charge in [0.1, 0.15) is 17.6 Å². The van der Waals surface area contributed by atoms with Crippen molar-refractivity contribution < 1.29 is 4.74 Å². The van der Waals surface area contributed by atoms with Crippen molar-refractivity contribution in [1.82, 2.24) is 19.5 Å². The molecule has 6 heteroatoms. The van der Waals surface area contributed by atoms with Crippen LogP contribution in [0.3, 0.4) is 0 Å². The Labute approximate surface area is 140 Å². The average molecular weight is 323 g/mol. The molecular weight excluding hydrogens is 302 g/mol. The maximum Gasteiger partial charge on any atom is 0.165 e. The molecule has 124 valence electrons. The first-order valence-corrected chi connectivity index (χ1v) is 8.40. The van der Waals surface area contributed by atoms with Crippen molar-refractivity contribution in [2.45, 2.75) is 38.3 Å². The van der Waals surface area contributed by atoms with Crippen LogP contribution in [0.15, 0.2) is 36.9 Å². The number of anilines is 1. The second-order valence-electron chi connectivity index (χ2n) is 6.15. The van der Waals surface area contributed by atoms with Gasteiger partial charge in [-0.15, -0.1) is 0 Å². The predicted octanol–water partition coefficient (Wildman–Crippen LogP) is 3.56. The third-order valence-corrected chi connectivity index (χ3v) is 4.72. The lowest BCUT2D eigenvalue weighted by atomic mass is 10.2. The molecule has 1 fully saturated rings. The minimum Gasteiger partial charge on any atom is -0.496 e. The van der Waals surface area contributed by atoms with Crippen LogP contribution in [0.4, 0.5) is 5.82 Å². The lowest BCUT2D eigenvalue weighted by Crippen LogP contribution is -2.06. The van der Waals surface area contributed by atoms with Crippen LogP contribution in [0.1, 0.15) is 37.3 Å². The number of imidazole rings is 1. The molecule has 1 saturated carbocycles. The number of benzene rings is 1. The fourth-order valence-corrected chi connectivity index (χ4v) is 3.46. The molecular formula is C18H21N5O. The van der Waals surface area contributed by atoms with E-state index in [2.05, 4.69) is 24.8 Å². The normalized spacial score (nSPS) is 15.0. The average Bonchev–Trinajstić information content (AvgIpc) is 3.29. The van der Waals surface area contributed by atoms with E-state index < -0.39 is 0 Å². The largest absolute Gasteiger partial charge is 0.496 e. The summed E-state index contributed by atoms with van der Waals surface area (Å²) in [5.74, 6) is 1.63. The lowest BCUT2D eigenvalue weighted by molar-refractivity contribution is 0.410. The van der Waals surface area contributed by atoms with E-state index >= 15 is 0 Å². The van der Waals surface area contributed by atoms with Crippen molar-refractivity contribution in [2.24, 2.45) is 0 Å². The second-order valence-corrected chi connectivity index (χ2v) is 6.15. The summed E-state index contributed by atoms with van der Waals surface area (Å²) in [4.78, 5) is 13.4. The van der Waals surface area contributed by atoms with E-state index in [4.69, 9.17) is 4.74 Å². The van der Waals surface area contributed by atoms with Gasteiger partial charge in [0.15, 0.2) is 11.5 Å². The molecule has 0 unspecified atom stereocenters. The van der Waals surface area contributed by atoms with Gasteiger partial charge in [0, 0.05) is 18.2 Å². The standard InChI is InChI=1S/C18H21N5O/c1-24-15-9-5-2-6-13(15)10-19-17-16-18(21-11-20-17)23(12-22-16)14-7-3-4-8-14/h2,5-6,9,11-12,14H,3-4,7-8,10H2,1H3,(H,19,20,21). The number of hydrogen-bond donors (Lipinski definition) is 1. The Balaban J connectivity index is 1.60. The van der Waals surface area contributed by atoms with E-state index in [-0.39, 0.29) is 0 Å². The number of fused-ring (bicyclic) bond motifs is 1. The highest BCUT2D eigenvalue weighted by molar-refractivity contribution is 5.82. The molecule has 1 aliphatic rings. The molecule has 24 heavy (non-hydrogen) atoms. The topological polar surface area (TPSA) is 64.9 Å². The molecule has 2 aromatic heterocycles. The van der Waals surface area contributed by atoms with E-state index in [0.29, 0.717) is 12.6 Å². The summed E-state index contributed by atoms with van der Waals surface area (Å²) < 4.78 is 7.61. The molecule has 2 heterocycles. The second kappa shape index (κ2) is 6.47. The first-order valence-electron chi connectivity index (χ1n) is 8.40. The quantitative estimate of drug-likeness (QED) is 0.777. The molecule has 0 bridgehead atoms. The maximum atomic E-state index is 5.40. The zero-order chi connectivity index (χ0) is 16.4. The van der Waals surface area contributed by atoms with Crippen LogP contribution in [0.25, 0.3) is 11.2 Å². The molecule has 0 spiro atoms. The molecule has 6 nitrogen and oxygen atoms in total. The Morgan fingerprint density at radius 2 is 2.00 bits per heavy atom. The Morgan fingerprint density at radius 1 is 1.17 bits per heavy atom. The van der Waals surface area contributed by atoms with E-state index in [0.717, 1.165) is 28.3 Å². The van der Waals surface area contributed by atoms with Gasteiger partial charge in [-0.2, -0.15) is 0 Å². The number of nitrogens with zero attached hydrogens (tertiary/aromatic N) is 4. The minimum atomic E-state index is 0.520. The molecule has 1 aliphatic carbocycles. The van der Waals surface area contributed by atoms with Gasteiger partial charge in [-0.3, -0.25) is 0 Å². The summed E-state index contributed by atoms with van der Waals surface area (Å²) in [6, 6.07) is 8.49. The first kappa shape index (κ1) is 14.9. The summed E-state index contributed by atoms with van der Waals surface area (Å²) in [6.07, 6.45) is 8.51. The zero-order valence-corrected chi connectivity index (χ0v) is 13.8. The summed E-state index contributed by atoms with van der Waals surface area (Å²) in [6.45, 7) is 0.631. The number of methoxy groups -OCH3 is 1. The summed E-state index contributed by atoms with van der Waals surface area (Å²) in [7, 11) is 1.69. The third-order valence-electron chi connectivity index (χ3n) is 4.72. The Kier molecular flexibility index (Phi) is 4.02. The van der Waals surface area contributed by atoms with Gasteiger partial charge >= 0.3 is 0 Å². The Morgan fingerprint density at radius 3 is 2.83 bits per heavy atom. The number of rotatable bonds is 5. The van der Waals surface area contributed by atoms with Crippen LogP contribution in [-0.4, -0.2) is 26.6 Å². The zero-order valence-electron chi connectivity index (χ0n) is 13.8. The Bertz CT molecular complexity index is 838. The van der Waals surface area contributed by atoms with E-state index in [9.17, 15) is 0 Å². The van der Waals surface area contributed by atoms with E-state index in [1.165, 1.54) is 25.7 Å². The van der Waals surface area contributed by atoms with Crippen molar-refractivity contribution in [3.8, 4) is 5.75 Å². The molecule has 3 aromatic rings. The number of aromatic nitrogens is 4. The van der Waals surface area contributed by atoms with Crippen molar-refractivity contribution in [2.75, 3.05) is 12.4 Å². The smallest absolute Gasteiger partial charge is 0.165 e. The van der Waals surface area contributed by atoms with Crippen molar-refractivity contribution >= 4 is 17.0 Å². The molecule has 0 radical (unpaired) electrons. The van der Waals surface area contributed by atoms with Crippen LogP contribution in [0.5, 0.6) is 5.75 Å².